The Kier molecular flexibility index (Phi) is 5.16. The smallest absolute Gasteiger partial charge is 0.138 e. The normalized spacial score (nSPS) is 13.6. The van der Waals surface area contributed by atoms with Crippen LogP contribution in [0, 0.1) is 12.3 Å². The van der Waals surface area contributed by atoms with Crippen LogP contribution in [-0.2, 0) is 18.3 Å². The minimum absolute atomic E-state index is 0.0942. The summed E-state index contributed by atoms with van der Waals surface area (Å²) in [6, 6.07) is -0.0942. The van der Waals surface area contributed by atoms with Gasteiger partial charge in [0.25, 0.3) is 0 Å². The third-order valence-electron chi connectivity index (χ3n) is 3.01. The second-order valence-electron chi connectivity index (χ2n) is 6.42. The van der Waals surface area contributed by atoms with Crippen molar-refractivity contribution in [3.8, 4) is 0 Å². The van der Waals surface area contributed by atoms with Crippen molar-refractivity contribution in [1.29, 1.82) is 0 Å². The van der Waals surface area contributed by atoms with Crippen molar-refractivity contribution in [2.45, 2.75) is 53.0 Å². The minimum Gasteiger partial charge on any atom is -0.327 e. The summed E-state index contributed by atoms with van der Waals surface area (Å²) >= 11 is 6.12. The van der Waals surface area contributed by atoms with Gasteiger partial charge in [0.15, 0.2) is 0 Å². The van der Waals surface area contributed by atoms with E-state index in [9.17, 15) is 4.79 Å². The molecule has 0 saturated heterocycles. The molecule has 0 saturated carbocycles. The molecule has 0 amide bonds. The van der Waals surface area contributed by atoms with Crippen LogP contribution in [0.4, 0.5) is 0 Å². The number of halogens is 1. The summed E-state index contributed by atoms with van der Waals surface area (Å²) < 4.78 is 1.59. The number of hydrogen-bond donors (Lipinski definition) is 1. The molecule has 1 unspecified atom stereocenters. The summed E-state index contributed by atoms with van der Waals surface area (Å²) in [5.41, 5.74) is 7.79. The van der Waals surface area contributed by atoms with Gasteiger partial charge >= 0.3 is 0 Å². The molecule has 1 aromatic heterocycles. The Morgan fingerprint density at radius 1 is 1.47 bits per heavy atom. The lowest BCUT2D eigenvalue weighted by atomic mass is 9.86. The van der Waals surface area contributed by atoms with Gasteiger partial charge in [-0.05, 0) is 18.8 Å². The molecule has 0 fully saturated rings. The van der Waals surface area contributed by atoms with Crippen molar-refractivity contribution in [3.63, 3.8) is 0 Å². The van der Waals surface area contributed by atoms with Crippen molar-refractivity contribution in [1.82, 2.24) is 9.78 Å². The zero-order valence-electron chi connectivity index (χ0n) is 12.5. The van der Waals surface area contributed by atoms with Crippen LogP contribution in [0.5, 0.6) is 0 Å². The molecular weight excluding hydrogens is 262 g/mol. The molecule has 1 aromatic rings. The maximum atomic E-state index is 12.0. The van der Waals surface area contributed by atoms with Crippen LogP contribution in [0.15, 0.2) is 0 Å². The molecule has 0 aromatic carbocycles. The van der Waals surface area contributed by atoms with Crippen LogP contribution < -0.4 is 5.73 Å². The largest absolute Gasteiger partial charge is 0.327 e. The Morgan fingerprint density at radius 3 is 2.47 bits per heavy atom. The molecule has 0 aliphatic carbocycles. The Hall–Kier alpha value is -0.870. The molecule has 0 bridgehead atoms. The first-order valence-corrected chi connectivity index (χ1v) is 6.93. The number of hydrogen-bond acceptors (Lipinski definition) is 3. The zero-order valence-corrected chi connectivity index (χ0v) is 13.2. The van der Waals surface area contributed by atoms with E-state index in [0.29, 0.717) is 18.0 Å². The van der Waals surface area contributed by atoms with Gasteiger partial charge in [-0.3, -0.25) is 9.48 Å². The Morgan fingerprint density at radius 2 is 2.05 bits per heavy atom. The highest BCUT2D eigenvalue weighted by Gasteiger charge is 2.20. The van der Waals surface area contributed by atoms with E-state index in [1.54, 1.807) is 11.7 Å². The molecular formula is C14H24ClN3O. The topological polar surface area (TPSA) is 60.9 Å². The summed E-state index contributed by atoms with van der Waals surface area (Å²) in [7, 11) is 1.77. The summed E-state index contributed by atoms with van der Waals surface area (Å²) in [5, 5.41) is 4.74. The number of rotatable bonds is 5. The quantitative estimate of drug-likeness (QED) is 0.905. The van der Waals surface area contributed by atoms with Gasteiger partial charge in [-0.25, -0.2) is 0 Å². The number of ketones is 1. The molecule has 19 heavy (non-hydrogen) atoms. The molecule has 0 radical (unpaired) electrons. The second kappa shape index (κ2) is 6.06. The lowest BCUT2D eigenvalue weighted by molar-refractivity contribution is -0.118. The number of aromatic nitrogens is 2. The first-order valence-electron chi connectivity index (χ1n) is 6.55. The van der Waals surface area contributed by atoms with Gasteiger partial charge in [-0.2, -0.15) is 5.10 Å². The van der Waals surface area contributed by atoms with Gasteiger partial charge in [-0.1, -0.05) is 32.4 Å². The second-order valence-corrected chi connectivity index (χ2v) is 6.78. The molecule has 1 rings (SSSR count). The molecule has 0 aliphatic heterocycles. The van der Waals surface area contributed by atoms with Crippen LogP contribution in [0.2, 0.25) is 5.15 Å². The van der Waals surface area contributed by atoms with E-state index in [4.69, 9.17) is 17.3 Å². The SMILES string of the molecule is Cc1nn(C)c(Cl)c1CC(=O)CC(N)CC(C)(C)C. The lowest BCUT2D eigenvalue weighted by Crippen LogP contribution is -2.29. The van der Waals surface area contributed by atoms with Gasteiger partial charge < -0.3 is 5.73 Å². The third-order valence-corrected chi connectivity index (χ3v) is 3.48. The number of carbonyl (C=O) groups is 1. The maximum absolute atomic E-state index is 12.0. The highest BCUT2D eigenvalue weighted by molar-refractivity contribution is 6.30. The number of aryl methyl sites for hydroxylation is 2. The van der Waals surface area contributed by atoms with E-state index < -0.39 is 0 Å². The highest BCUT2D eigenvalue weighted by Crippen LogP contribution is 2.23. The molecule has 1 atom stereocenters. The third kappa shape index (κ3) is 4.96. The molecule has 108 valence electrons. The predicted octanol–water partition coefficient (Wildman–Crippen LogP) is 2.65. The first-order chi connectivity index (χ1) is 8.60. The lowest BCUT2D eigenvalue weighted by Gasteiger charge is -2.22. The summed E-state index contributed by atoms with van der Waals surface area (Å²) in [4.78, 5) is 12.0. The summed E-state index contributed by atoms with van der Waals surface area (Å²) in [6.45, 7) is 8.24. The number of nitrogens with zero attached hydrogens (tertiary/aromatic N) is 2. The average Bonchev–Trinajstić information content (AvgIpc) is 2.42. The van der Waals surface area contributed by atoms with E-state index in [0.717, 1.165) is 17.7 Å². The highest BCUT2D eigenvalue weighted by atomic mass is 35.5. The Bertz CT molecular complexity index is 460. The van der Waals surface area contributed by atoms with Gasteiger partial charge in [0.05, 0.1) is 5.69 Å². The monoisotopic (exact) mass is 285 g/mol. The number of Topliss-reactive ketones (excluding diaryl/α,β-unsaturated/α-hetero) is 1. The summed E-state index contributed by atoms with van der Waals surface area (Å²) in [6.07, 6.45) is 1.54. The van der Waals surface area contributed by atoms with Crippen molar-refractivity contribution in [3.05, 3.63) is 16.4 Å². The van der Waals surface area contributed by atoms with Crippen molar-refractivity contribution >= 4 is 17.4 Å². The Balaban J connectivity index is 2.61. The first kappa shape index (κ1) is 16.2. The van der Waals surface area contributed by atoms with Crippen LogP contribution in [0.3, 0.4) is 0 Å². The predicted molar refractivity (Wildman–Crippen MR) is 78.3 cm³/mol. The fourth-order valence-electron chi connectivity index (χ4n) is 2.30. The number of carbonyl (C=O) groups excluding carboxylic acids is 1. The number of nitrogens with two attached hydrogens (primary N) is 1. The fourth-order valence-corrected chi connectivity index (χ4v) is 2.54. The van der Waals surface area contributed by atoms with Gasteiger partial charge in [0.1, 0.15) is 10.9 Å². The van der Waals surface area contributed by atoms with Crippen molar-refractivity contribution in [2.75, 3.05) is 0 Å². The molecule has 2 N–H and O–H groups in total. The van der Waals surface area contributed by atoms with E-state index in [2.05, 4.69) is 25.9 Å². The van der Waals surface area contributed by atoms with Gasteiger partial charge in [0, 0.05) is 31.5 Å². The summed E-state index contributed by atoms with van der Waals surface area (Å²) in [5.74, 6) is 0.120. The van der Waals surface area contributed by atoms with Crippen LogP contribution in [0.25, 0.3) is 0 Å². The van der Waals surface area contributed by atoms with Crippen LogP contribution in [0.1, 0.15) is 44.9 Å². The van der Waals surface area contributed by atoms with Gasteiger partial charge in [0.2, 0.25) is 0 Å². The average molecular weight is 286 g/mol. The molecule has 4 nitrogen and oxygen atoms in total. The molecule has 1 heterocycles. The van der Waals surface area contributed by atoms with E-state index in [1.807, 2.05) is 6.92 Å². The van der Waals surface area contributed by atoms with E-state index in [-0.39, 0.29) is 17.2 Å². The Labute approximate surface area is 120 Å². The standard InChI is InChI=1S/C14H24ClN3O/c1-9-12(13(15)18(5)17-9)7-11(19)6-10(16)8-14(2,3)4/h10H,6-8,16H2,1-5H3. The van der Waals surface area contributed by atoms with E-state index in [1.165, 1.54) is 0 Å². The van der Waals surface area contributed by atoms with Crippen molar-refractivity contribution < 1.29 is 4.79 Å². The van der Waals surface area contributed by atoms with Crippen LogP contribution >= 0.6 is 11.6 Å². The minimum atomic E-state index is -0.0942. The van der Waals surface area contributed by atoms with E-state index >= 15 is 0 Å². The van der Waals surface area contributed by atoms with Crippen molar-refractivity contribution in [2.24, 2.45) is 18.2 Å². The molecule has 0 spiro atoms. The molecule has 5 heteroatoms. The molecule has 0 aliphatic rings. The van der Waals surface area contributed by atoms with Gasteiger partial charge in [-0.15, -0.1) is 0 Å². The fraction of sp³-hybridized carbons (Fsp3) is 0.714. The zero-order chi connectivity index (χ0) is 14.8. The van der Waals surface area contributed by atoms with Crippen LogP contribution in [-0.4, -0.2) is 21.6 Å². The maximum Gasteiger partial charge on any atom is 0.138 e.